The minimum Gasteiger partial charge on any atom is -0.481 e. The number of hydrogen-bond donors (Lipinski definition) is 1. The smallest absolute Gasteiger partial charge is 0.316 e. The number of rotatable bonds is 7. The molecule has 27 heavy (non-hydrogen) atoms. The van der Waals surface area contributed by atoms with E-state index in [1.54, 1.807) is 4.90 Å². The summed E-state index contributed by atoms with van der Waals surface area (Å²) < 4.78 is 0. The van der Waals surface area contributed by atoms with Gasteiger partial charge < -0.3 is 10.0 Å². The SMILES string of the molecule is CCN(C(=O)C(CCc1ccc2ccccc2c1)C(=O)O)c1ccccc1. The van der Waals surface area contributed by atoms with Gasteiger partial charge in [-0.25, -0.2) is 0 Å². The molecule has 0 aliphatic rings. The number of carbonyl (C=O) groups is 2. The van der Waals surface area contributed by atoms with Gasteiger partial charge in [-0.2, -0.15) is 0 Å². The van der Waals surface area contributed by atoms with Crippen LogP contribution in [0.2, 0.25) is 0 Å². The van der Waals surface area contributed by atoms with Crippen molar-refractivity contribution in [3.8, 4) is 0 Å². The van der Waals surface area contributed by atoms with E-state index in [4.69, 9.17) is 0 Å². The minimum absolute atomic E-state index is 0.274. The van der Waals surface area contributed by atoms with E-state index in [1.807, 2.05) is 73.7 Å². The fourth-order valence-electron chi connectivity index (χ4n) is 3.32. The molecule has 1 amide bonds. The molecule has 3 aromatic rings. The lowest BCUT2D eigenvalue weighted by atomic mass is 9.96. The molecule has 0 saturated heterocycles. The fraction of sp³-hybridized carbons (Fsp3) is 0.217. The summed E-state index contributed by atoms with van der Waals surface area (Å²) in [6.07, 6.45) is 0.815. The Kier molecular flexibility index (Phi) is 5.87. The van der Waals surface area contributed by atoms with Gasteiger partial charge in [0.25, 0.3) is 0 Å². The van der Waals surface area contributed by atoms with Gasteiger partial charge >= 0.3 is 5.97 Å². The normalized spacial score (nSPS) is 11.9. The highest BCUT2D eigenvalue weighted by Gasteiger charge is 2.30. The van der Waals surface area contributed by atoms with E-state index in [0.29, 0.717) is 13.0 Å². The molecule has 138 valence electrons. The second kappa shape index (κ2) is 8.49. The van der Waals surface area contributed by atoms with Crippen molar-refractivity contribution >= 4 is 28.3 Å². The van der Waals surface area contributed by atoms with Gasteiger partial charge in [0.15, 0.2) is 0 Å². The summed E-state index contributed by atoms with van der Waals surface area (Å²) in [5, 5.41) is 11.9. The van der Waals surface area contributed by atoms with Gasteiger partial charge in [-0.15, -0.1) is 0 Å². The van der Waals surface area contributed by atoms with E-state index in [9.17, 15) is 14.7 Å². The summed E-state index contributed by atoms with van der Waals surface area (Å²) in [5.41, 5.74) is 1.76. The number of benzene rings is 3. The maximum absolute atomic E-state index is 12.9. The number of fused-ring (bicyclic) bond motifs is 1. The summed E-state index contributed by atoms with van der Waals surface area (Å²) in [5.74, 6) is -2.50. The number of carboxylic acids is 1. The van der Waals surface area contributed by atoms with Crippen LogP contribution in [0, 0.1) is 5.92 Å². The molecule has 0 aliphatic carbocycles. The molecule has 0 aliphatic heterocycles. The maximum atomic E-state index is 12.9. The lowest BCUT2D eigenvalue weighted by Gasteiger charge is -2.24. The van der Waals surface area contributed by atoms with Crippen molar-refractivity contribution in [2.45, 2.75) is 19.8 Å². The molecule has 0 bridgehead atoms. The topological polar surface area (TPSA) is 57.6 Å². The third kappa shape index (κ3) is 4.34. The first-order valence-electron chi connectivity index (χ1n) is 9.17. The van der Waals surface area contributed by atoms with Crippen LogP contribution in [0.25, 0.3) is 10.8 Å². The van der Waals surface area contributed by atoms with Crippen LogP contribution in [0.1, 0.15) is 18.9 Å². The molecule has 0 spiro atoms. The molecule has 3 aromatic carbocycles. The number of aryl methyl sites for hydroxylation is 1. The Bertz CT molecular complexity index is 937. The van der Waals surface area contributed by atoms with Gasteiger partial charge in [0, 0.05) is 12.2 Å². The lowest BCUT2D eigenvalue weighted by Crippen LogP contribution is -2.39. The fourth-order valence-corrected chi connectivity index (χ4v) is 3.32. The Labute approximate surface area is 159 Å². The monoisotopic (exact) mass is 361 g/mol. The number of carboxylic acid groups (broad SMARTS) is 1. The first-order valence-corrected chi connectivity index (χ1v) is 9.17. The van der Waals surface area contributed by atoms with Crippen molar-refractivity contribution in [1.82, 2.24) is 0 Å². The lowest BCUT2D eigenvalue weighted by molar-refractivity contribution is -0.146. The van der Waals surface area contributed by atoms with Crippen LogP contribution >= 0.6 is 0 Å². The molecule has 3 rings (SSSR count). The largest absolute Gasteiger partial charge is 0.481 e. The van der Waals surface area contributed by atoms with Gasteiger partial charge in [0.05, 0.1) is 0 Å². The second-order valence-electron chi connectivity index (χ2n) is 6.53. The highest BCUT2D eigenvalue weighted by atomic mass is 16.4. The molecule has 0 saturated carbocycles. The molecule has 0 radical (unpaired) electrons. The summed E-state index contributed by atoms with van der Waals surface area (Å²) in [7, 11) is 0. The predicted molar refractivity (Wildman–Crippen MR) is 108 cm³/mol. The number of aliphatic carboxylic acids is 1. The molecular formula is C23H23NO3. The molecular weight excluding hydrogens is 338 g/mol. The Hall–Kier alpha value is -3.14. The average molecular weight is 361 g/mol. The van der Waals surface area contributed by atoms with E-state index < -0.39 is 11.9 Å². The number of amides is 1. The average Bonchev–Trinajstić information content (AvgIpc) is 2.69. The van der Waals surface area contributed by atoms with Gasteiger partial charge in [-0.05, 0) is 48.2 Å². The highest BCUT2D eigenvalue weighted by molar-refractivity contribution is 6.05. The summed E-state index contributed by atoms with van der Waals surface area (Å²) in [6.45, 7) is 2.29. The zero-order valence-electron chi connectivity index (χ0n) is 15.3. The van der Waals surface area contributed by atoms with Gasteiger partial charge in [-0.1, -0.05) is 60.7 Å². The zero-order valence-corrected chi connectivity index (χ0v) is 15.3. The van der Waals surface area contributed by atoms with E-state index in [1.165, 1.54) is 0 Å². The number of para-hydroxylation sites is 1. The molecule has 4 heteroatoms. The Morgan fingerprint density at radius 1 is 0.926 bits per heavy atom. The van der Waals surface area contributed by atoms with Crippen molar-refractivity contribution < 1.29 is 14.7 Å². The molecule has 0 fully saturated rings. The van der Waals surface area contributed by atoms with Gasteiger partial charge in [0.2, 0.25) is 5.91 Å². The molecule has 1 atom stereocenters. The molecule has 0 heterocycles. The second-order valence-corrected chi connectivity index (χ2v) is 6.53. The first-order chi connectivity index (χ1) is 13.1. The molecule has 1 N–H and O–H groups in total. The Balaban J connectivity index is 1.76. The minimum atomic E-state index is -1.07. The summed E-state index contributed by atoms with van der Waals surface area (Å²) in [6, 6.07) is 23.3. The molecule has 1 unspecified atom stereocenters. The predicted octanol–water partition coefficient (Wildman–Crippen LogP) is 4.53. The van der Waals surface area contributed by atoms with E-state index in [-0.39, 0.29) is 12.3 Å². The number of hydrogen-bond acceptors (Lipinski definition) is 2. The Morgan fingerprint density at radius 2 is 1.59 bits per heavy atom. The zero-order chi connectivity index (χ0) is 19.2. The summed E-state index contributed by atoms with van der Waals surface area (Å²) in [4.78, 5) is 26.2. The van der Waals surface area contributed by atoms with Gasteiger partial charge in [0.1, 0.15) is 5.92 Å². The van der Waals surface area contributed by atoms with Crippen molar-refractivity contribution in [2.75, 3.05) is 11.4 Å². The third-order valence-electron chi connectivity index (χ3n) is 4.78. The van der Waals surface area contributed by atoms with Crippen LogP contribution in [0.3, 0.4) is 0 Å². The van der Waals surface area contributed by atoms with Crippen molar-refractivity contribution in [3.63, 3.8) is 0 Å². The highest BCUT2D eigenvalue weighted by Crippen LogP contribution is 2.21. The molecule has 0 aromatic heterocycles. The van der Waals surface area contributed by atoms with Crippen molar-refractivity contribution in [2.24, 2.45) is 5.92 Å². The third-order valence-corrected chi connectivity index (χ3v) is 4.78. The van der Waals surface area contributed by atoms with E-state index >= 15 is 0 Å². The van der Waals surface area contributed by atoms with Crippen LogP contribution in [-0.2, 0) is 16.0 Å². The van der Waals surface area contributed by atoms with E-state index in [2.05, 4.69) is 6.07 Å². The number of anilines is 1. The van der Waals surface area contributed by atoms with Crippen LogP contribution < -0.4 is 4.90 Å². The summed E-state index contributed by atoms with van der Waals surface area (Å²) >= 11 is 0. The first kappa shape index (κ1) is 18.6. The van der Waals surface area contributed by atoms with Gasteiger partial charge in [-0.3, -0.25) is 9.59 Å². The van der Waals surface area contributed by atoms with Crippen LogP contribution in [0.4, 0.5) is 5.69 Å². The Morgan fingerprint density at radius 3 is 2.26 bits per heavy atom. The number of nitrogens with zero attached hydrogens (tertiary/aromatic N) is 1. The van der Waals surface area contributed by atoms with E-state index in [0.717, 1.165) is 22.0 Å². The number of carbonyl (C=O) groups excluding carboxylic acids is 1. The quantitative estimate of drug-likeness (QED) is 0.629. The van der Waals surface area contributed by atoms with Crippen LogP contribution in [0.5, 0.6) is 0 Å². The maximum Gasteiger partial charge on any atom is 0.316 e. The standard InChI is InChI=1S/C23H23NO3/c1-2-24(20-10-4-3-5-11-20)22(25)21(23(26)27)15-13-17-12-14-18-8-6-7-9-19(18)16-17/h3-12,14,16,21H,2,13,15H2,1H3,(H,26,27). The van der Waals surface area contributed by atoms with Crippen molar-refractivity contribution in [3.05, 3.63) is 78.4 Å². The van der Waals surface area contributed by atoms with Crippen LogP contribution in [-0.4, -0.2) is 23.5 Å². The van der Waals surface area contributed by atoms with Crippen LogP contribution in [0.15, 0.2) is 72.8 Å². The molecule has 4 nitrogen and oxygen atoms in total. The van der Waals surface area contributed by atoms with Crippen molar-refractivity contribution in [1.29, 1.82) is 0 Å².